The van der Waals surface area contributed by atoms with E-state index in [9.17, 15) is 10.0 Å². The topological polar surface area (TPSA) is 52.5 Å². The van der Waals surface area contributed by atoms with Gasteiger partial charge in [-0.2, -0.15) is 0 Å². The normalized spacial score (nSPS) is 16.2. The van der Waals surface area contributed by atoms with E-state index in [0.717, 1.165) is 0 Å². The van der Waals surface area contributed by atoms with E-state index in [4.69, 9.17) is 0 Å². The van der Waals surface area contributed by atoms with Crippen LogP contribution in [0, 0.1) is 5.21 Å². The van der Waals surface area contributed by atoms with Gasteiger partial charge in [0.2, 0.25) is 0 Å². The van der Waals surface area contributed by atoms with Crippen LogP contribution in [-0.2, 0) is 4.79 Å². The van der Waals surface area contributed by atoms with Gasteiger partial charge in [0.05, 0.1) is 5.71 Å². The van der Waals surface area contributed by atoms with Crippen LogP contribution in [0.4, 0.5) is 0 Å². The summed E-state index contributed by atoms with van der Waals surface area (Å²) >= 11 is 0. The average molecular weight is 173 g/mol. The second-order valence-electron chi connectivity index (χ2n) is 2.50. The van der Waals surface area contributed by atoms with Crippen molar-refractivity contribution >= 4 is 11.5 Å². The van der Waals surface area contributed by atoms with Gasteiger partial charge in [-0.1, -0.05) is 0 Å². The van der Waals surface area contributed by atoms with Crippen LogP contribution in [0.15, 0.2) is 28.5 Å². The van der Waals surface area contributed by atoms with Crippen molar-refractivity contribution in [1.82, 2.24) is 0 Å². The molecule has 0 radical (unpaired) electrons. The van der Waals surface area contributed by atoms with Crippen molar-refractivity contribution in [2.75, 3.05) is 0 Å². The molecular weight excluding hydrogens is 165 g/mol. The standard InChI is InChI=1S/C8H9NO2.Na/c1-5-3-7(10)4-6(2)8(5)9-11;/h3-4,11H,1-2H3;/q;+1/p-1. The molecular formula is C8H8NNaO2. The molecule has 3 nitrogen and oxygen atoms in total. The quantitative estimate of drug-likeness (QED) is 0.252. The molecule has 0 heterocycles. The Balaban J connectivity index is 0.00000121. The molecule has 4 heteroatoms. The zero-order chi connectivity index (χ0) is 8.43. The van der Waals surface area contributed by atoms with Gasteiger partial charge in [-0.3, -0.25) is 4.79 Å². The number of hydrogen-bond acceptors (Lipinski definition) is 3. The smallest absolute Gasteiger partial charge is 0.792 e. The van der Waals surface area contributed by atoms with Crippen LogP contribution in [0.1, 0.15) is 13.8 Å². The number of nitrogens with zero attached hydrogens (tertiary/aromatic N) is 1. The first kappa shape index (κ1) is 11.6. The summed E-state index contributed by atoms with van der Waals surface area (Å²) in [6.45, 7) is 3.40. The number of carbonyl (C=O) groups excluding carboxylic acids is 1. The molecule has 0 aromatic rings. The summed E-state index contributed by atoms with van der Waals surface area (Å²) in [6, 6.07) is 0. The Kier molecular flexibility index (Phi) is 4.45. The van der Waals surface area contributed by atoms with E-state index < -0.39 is 0 Å². The van der Waals surface area contributed by atoms with Crippen LogP contribution in [0.3, 0.4) is 0 Å². The molecule has 0 N–H and O–H groups in total. The monoisotopic (exact) mass is 173 g/mol. The third-order valence-corrected chi connectivity index (χ3v) is 1.56. The Morgan fingerprint density at radius 3 is 2.00 bits per heavy atom. The van der Waals surface area contributed by atoms with Gasteiger partial charge in [0, 0.05) is 0 Å². The van der Waals surface area contributed by atoms with E-state index >= 15 is 0 Å². The van der Waals surface area contributed by atoms with Gasteiger partial charge >= 0.3 is 29.6 Å². The van der Waals surface area contributed by atoms with Gasteiger partial charge in [0.25, 0.3) is 0 Å². The summed E-state index contributed by atoms with van der Waals surface area (Å²) in [5.74, 6) is -0.0765. The SMILES string of the molecule is CC1=CC(=O)C=C(C)C1=N[O-].[Na+]. The van der Waals surface area contributed by atoms with E-state index in [2.05, 4.69) is 5.16 Å². The van der Waals surface area contributed by atoms with Gasteiger partial charge in [-0.25, -0.2) is 0 Å². The van der Waals surface area contributed by atoms with Gasteiger partial charge < -0.3 is 10.4 Å². The van der Waals surface area contributed by atoms with Gasteiger partial charge in [-0.05, 0) is 37.1 Å². The van der Waals surface area contributed by atoms with Crippen LogP contribution in [0.2, 0.25) is 0 Å². The van der Waals surface area contributed by atoms with Crippen molar-refractivity contribution in [2.24, 2.45) is 5.16 Å². The molecule has 0 aromatic heterocycles. The first-order valence-corrected chi connectivity index (χ1v) is 3.27. The van der Waals surface area contributed by atoms with E-state index in [-0.39, 0.29) is 35.3 Å². The van der Waals surface area contributed by atoms with E-state index in [1.807, 2.05) is 0 Å². The van der Waals surface area contributed by atoms with Crippen LogP contribution >= 0.6 is 0 Å². The molecule has 0 atom stereocenters. The van der Waals surface area contributed by atoms with Crippen molar-refractivity contribution in [2.45, 2.75) is 13.8 Å². The number of allylic oxidation sites excluding steroid dienone is 4. The number of hydrogen-bond donors (Lipinski definition) is 0. The Labute approximate surface area is 93.1 Å². The van der Waals surface area contributed by atoms with Crippen LogP contribution in [0.25, 0.3) is 0 Å². The van der Waals surface area contributed by atoms with Crippen molar-refractivity contribution < 1.29 is 34.4 Å². The van der Waals surface area contributed by atoms with Crippen LogP contribution < -0.4 is 29.6 Å². The fraction of sp³-hybridized carbons (Fsp3) is 0.250. The minimum Gasteiger partial charge on any atom is -0.792 e. The minimum absolute atomic E-state index is 0. The predicted molar refractivity (Wildman–Crippen MR) is 43.3 cm³/mol. The molecule has 0 saturated carbocycles. The maximum Gasteiger partial charge on any atom is 1.00 e. The summed E-state index contributed by atoms with van der Waals surface area (Å²) in [7, 11) is 0. The second kappa shape index (κ2) is 4.60. The third-order valence-electron chi connectivity index (χ3n) is 1.56. The molecule has 58 valence electrons. The van der Waals surface area contributed by atoms with Crippen molar-refractivity contribution in [3.8, 4) is 0 Å². The van der Waals surface area contributed by atoms with E-state index in [1.165, 1.54) is 12.2 Å². The van der Waals surface area contributed by atoms with Crippen LogP contribution in [0.5, 0.6) is 0 Å². The molecule has 12 heavy (non-hydrogen) atoms. The second-order valence-corrected chi connectivity index (χ2v) is 2.50. The van der Waals surface area contributed by atoms with Gasteiger partial charge in [-0.15, -0.1) is 0 Å². The van der Waals surface area contributed by atoms with E-state index in [1.54, 1.807) is 13.8 Å². The Bertz CT molecular complexity index is 265. The van der Waals surface area contributed by atoms with Crippen molar-refractivity contribution in [3.05, 3.63) is 28.5 Å². The molecule has 0 aromatic carbocycles. The van der Waals surface area contributed by atoms with Crippen LogP contribution in [-0.4, -0.2) is 11.5 Å². The molecule has 0 unspecified atom stereocenters. The molecule has 0 aliphatic heterocycles. The molecule has 0 amide bonds. The predicted octanol–water partition coefficient (Wildman–Crippen LogP) is -1.60. The van der Waals surface area contributed by atoms with Gasteiger partial charge in [0.15, 0.2) is 5.78 Å². The zero-order valence-corrected chi connectivity index (χ0v) is 9.42. The average Bonchev–Trinajstić information content (AvgIpc) is 1.85. The molecule has 0 fully saturated rings. The molecule has 0 saturated heterocycles. The summed E-state index contributed by atoms with van der Waals surface area (Å²) in [6.07, 6.45) is 2.81. The summed E-state index contributed by atoms with van der Waals surface area (Å²) < 4.78 is 0. The minimum atomic E-state index is -0.0765. The molecule has 1 aliphatic rings. The zero-order valence-electron chi connectivity index (χ0n) is 7.42. The molecule has 1 rings (SSSR count). The first-order chi connectivity index (χ1) is 5.15. The Morgan fingerprint density at radius 2 is 1.67 bits per heavy atom. The van der Waals surface area contributed by atoms with Gasteiger partial charge in [0.1, 0.15) is 0 Å². The van der Waals surface area contributed by atoms with E-state index in [0.29, 0.717) is 16.9 Å². The maximum atomic E-state index is 10.8. The fourth-order valence-electron chi connectivity index (χ4n) is 1.06. The molecule has 0 spiro atoms. The number of ketones is 1. The third kappa shape index (κ3) is 2.30. The Morgan fingerprint density at radius 1 is 1.25 bits per heavy atom. The summed E-state index contributed by atoms with van der Waals surface area (Å²) in [5.41, 5.74) is 1.67. The molecule has 1 aliphatic carbocycles. The van der Waals surface area contributed by atoms with Crippen molar-refractivity contribution in [1.29, 1.82) is 0 Å². The summed E-state index contributed by atoms with van der Waals surface area (Å²) in [4.78, 5) is 10.8. The van der Waals surface area contributed by atoms with Crippen molar-refractivity contribution in [3.63, 3.8) is 0 Å². The summed E-state index contributed by atoms with van der Waals surface area (Å²) in [5, 5.41) is 13.0. The maximum absolute atomic E-state index is 10.8. The fourth-order valence-corrected chi connectivity index (χ4v) is 1.06. The largest absolute Gasteiger partial charge is 1.00 e. The number of rotatable bonds is 0. The first-order valence-electron chi connectivity index (χ1n) is 3.27. The molecule has 0 bridgehead atoms. The Hall–Kier alpha value is -0.380. The number of carbonyl (C=O) groups is 1.